The molecule has 0 atom stereocenters. The first-order valence-electron chi connectivity index (χ1n) is 9.38. The standard InChI is InChI=1S/C22H22F3N3OS/c1-15(2)14-29-17-9-7-8-16(12-17)28(3)21-26-13-19(22(23,24)25)20(27-21)30-18-10-5-4-6-11-18/h4-13,15H,14H2,1-3H3. The summed E-state index contributed by atoms with van der Waals surface area (Å²) in [5.74, 6) is 1.23. The maximum atomic E-state index is 13.5. The maximum absolute atomic E-state index is 13.5. The highest BCUT2D eigenvalue weighted by molar-refractivity contribution is 7.99. The summed E-state index contributed by atoms with van der Waals surface area (Å²) in [4.78, 5) is 10.5. The van der Waals surface area contributed by atoms with E-state index < -0.39 is 11.7 Å². The Labute approximate surface area is 178 Å². The number of nitrogens with zero attached hydrogens (tertiary/aromatic N) is 3. The van der Waals surface area contributed by atoms with Crippen molar-refractivity contribution in [3.63, 3.8) is 0 Å². The number of ether oxygens (including phenoxy) is 1. The number of aromatic nitrogens is 2. The van der Waals surface area contributed by atoms with Crippen molar-refractivity contribution in [1.29, 1.82) is 0 Å². The summed E-state index contributed by atoms with van der Waals surface area (Å²) in [7, 11) is 1.71. The van der Waals surface area contributed by atoms with E-state index in [-0.39, 0.29) is 11.0 Å². The van der Waals surface area contributed by atoms with Crippen LogP contribution in [0.2, 0.25) is 0 Å². The van der Waals surface area contributed by atoms with Gasteiger partial charge in [-0.15, -0.1) is 0 Å². The average molecular weight is 433 g/mol. The van der Waals surface area contributed by atoms with Gasteiger partial charge in [-0.25, -0.2) is 9.97 Å². The zero-order valence-electron chi connectivity index (χ0n) is 16.8. The number of anilines is 2. The first kappa shape index (κ1) is 22.0. The number of benzene rings is 2. The van der Waals surface area contributed by atoms with Crippen LogP contribution in [0.1, 0.15) is 19.4 Å². The lowest BCUT2D eigenvalue weighted by Gasteiger charge is -2.20. The van der Waals surface area contributed by atoms with Crippen LogP contribution in [0.25, 0.3) is 0 Å². The van der Waals surface area contributed by atoms with E-state index in [9.17, 15) is 13.2 Å². The molecule has 0 saturated carbocycles. The highest BCUT2D eigenvalue weighted by Crippen LogP contribution is 2.39. The van der Waals surface area contributed by atoms with Gasteiger partial charge in [-0.1, -0.05) is 49.9 Å². The summed E-state index contributed by atoms with van der Waals surface area (Å²) in [6.45, 7) is 4.68. The van der Waals surface area contributed by atoms with E-state index in [1.54, 1.807) is 36.2 Å². The van der Waals surface area contributed by atoms with Gasteiger partial charge in [-0.05, 0) is 30.2 Å². The Morgan fingerprint density at radius 3 is 2.47 bits per heavy atom. The summed E-state index contributed by atoms with van der Waals surface area (Å²) in [5.41, 5.74) is -0.144. The molecule has 3 rings (SSSR count). The highest BCUT2D eigenvalue weighted by atomic mass is 32.2. The van der Waals surface area contributed by atoms with Gasteiger partial charge in [0.25, 0.3) is 0 Å². The normalized spacial score (nSPS) is 11.6. The van der Waals surface area contributed by atoms with Crippen LogP contribution < -0.4 is 9.64 Å². The fourth-order valence-electron chi connectivity index (χ4n) is 2.55. The van der Waals surface area contributed by atoms with Crippen LogP contribution in [-0.4, -0.2) is 23.6 Å². The molecule has 0 aliphatic carbocycles. The van der Waals surface area contributed by atoms with Crippen molar-refractivity contribution >= 4 is 23.4 Å². The van der Waals surface area contributed by atoms with Gasteiger partial charge < -0.3 is 9.64 Å². The Balaban J connectivity index is 1.92. The molecule has 0 radical (unpaired) electrons. The molecule has 158 valence electrons. The Hall–Kier alpha value is -2.74. The van der Waals surface area contributed by atoms with Gasteiger partial charge in [0.05, 0.1) is 6.61 Å². The largest absolute Gasteiger partial charge is 0.493 e. The van der Waals surface area contributed by atoms with Gasteiger partial charge in [0.2, 0.25) is 5.95 Å². The van der Waals surface area contributed by atoms with E-state index in [0.717, 1.165) is 18.0 Å². The number of halogens is 3. The summed E-state index contributed by atoms with van der Waals surface area (Å²) in [6.07, 6.45) is -3.71. The Kier molecular flexibility index (Phi) is 6.87. The van der Waals surface area contributed by atoms with Crippen molar-refractivity contribution in [2.75, 3.05) is 18.6 Å². The third kappa shape index (κ3) is 5.66. The molecular weight excluding hydrogens is 411 g/mol. The average Bonchev–Trinajstić information content (AvgIpc) is 2.72. The third-order valence-corrected chi connectivity index (χ3v) is 5.10. The SMILES string of the molecule is CC(C)COc1cccc(N(C)c2ncc(C(F)(F)F)c(Sc3ccccc3)n2)c1. The van der Waals surface area contributed by atoms with E-state index in [4.69, 9.17) is 4.74 Å². The van der Waals surface area contributed by atoms with Gasteiger partial charge in [0, 0.05) is 29.9 Å². The molecule has 0 N–H and O–H groups in total. The van der Waals surface area contributed by atoms with E-state index in [1.807, 2.05) is 30.3 Å². The molecular formula is C22H22F3N3OS. The van der Waals surface area contributed by atoms with Crippen LogP contribution in [0.4, 0.5) is 24.8 Å². The predicted molar refractivity (Wildman–Crippen MR) is 112 cm³/mol. The molecule has 3 aromatic rings. The number of hydrogen-bond donors (Lipinski definition) is 0. The van der Waals surface area contributed by atoms with Crippen LogP contribution >= 0.6 is 11.8 Å². The van der Waals surface area contributed by atoms with Crippen LogP contribution in [0.5, 0.6) is 5.75 Å². The van der Waals surface area contributed by atoms with Gasteiger partial charge in [0.15, 0.2) is 0 Å². The lowest BCUT2D eigenvalue weighted by Crippen LogP contribution is -2.16. The highest BCUT2D eigenvalue weighted by Gasteiger charge is 2.35. The van der Waals surface area contributed by atoms with E-state index >= 15 is 0 Å². The smallest absolute Gasteiger partial charge is 0.420 e. The first-order chi connectivity index (χ1) is 14.2. The van der Waals surface area contributed by atoms with Crippen LogP contribution in [0.15, 0.2) is 70.7 Å². The minimum Gasteiger partial charge on any atom is -0.493 e. The lowest BCUT2D eigenvalue weighted by atomic mass is 10.2. The van der Waals surface area contributed by atoms with Gasteiger partial charge in [-0.3, -0.25) is 0 Å². The Morgan fingerprint density at radius 1 is 1.07 bits per heavy atom. The number of alkyl halides is 3. The third-order valence-electron chi connectivity index (χ3n) is 4.09. The lowest BCUT2D eigenvalue weighted by molar-refractivity contribution is -0.140. The zero-order chi connectivity index (χ0) is 21.7. The molecule has 0 aliphatic heterocycles. The summed E-state index contributed by atoms with van der Waals surface area (Å²) < 4.78 is 46.2. The topological polar surface area (TPSA) is 38.2 Å². The van der Waals surface area contributed by atoms with Gasteiger partial charge >= 0.3 is 6.18 Å². The maximum Gasteiger partial charge on any atom is 0.420 e. The van der Waals surface area contributed by atoms with Crippen LogP contribution in [-0.2, 0) is 6.18 Å². The first-order valence-corrected chi connectivity index (χ1v) is 10.2. The second kappa shape index (κ2) is 9.38. The molecule has 2 aromatic carbocycles. The van der Waals surface area contributed by atoms with Crippen molar-refractivity contribution in [1.82, 2.24) is 9.97 Å². The van der Waals surface area contributed by atoms with E-state index in [1.165, 1.54) is 0 Å². The molecule has 0 amide bonds. The predicted octanol–water partition coefficient (Wildman–Crippen LogP) is 6.45. The summed E-state index contributed by atoms with van der Waals surface area (Å²) >= 11 is 0.960. The molecule has 0 aliphatic rings. The van der Waals surface area contributed by atoms with E-state index in [0.29, 0.717) is 28.9 Å². The molecule has 0 bridgehead atoms. The Bertz CT molecular complexity index is 981. The quantitative estimate of drug-likeness (QED) is 0.400. The second-order valence-corrected chi connectivity index (χ2v) is 8.13. The van der Waals surface area contributed by atoms with E-state index in [2.05, 4.69) is 23.8 Å². The number of hydrogen-bond acceptors (Lipinski definition) is 5. The second-order valence-electron chi connectivity index (χ2n) is 7.06. The monoisotopic (exact) mass is 433 g/mol. The van der Waals surface area contributed by atoms with Crippen LogP contribution in [0, 0.1) is 5.92 Å². The fraction of sp³-hybridized carbons (Fsp3) is 0.273. The minimum atomic E-state index is -4.54. The zero-order valence-corrected chi connectivity index (χ0v) is 17.7. The molecule has 8 heteroatoms. The molecule has 1 aromatic heterocycles. The fourth-order valence-corrected chi connectivity index (χ4v) is 3.47. The summed E-state index contributed by atoms with van der Waals surface area (Å²) in [6, 6.07) is 16.1. The van der Waals surface area contributed by atoms with Crippen molar-refractivity contribution in [3.8, 4) is 5.75 Å². The van der Waals surface area contributed by atoms with Gasteiger partial charge in [0.1, 0.15) is 16.3 Å². The van der Waals surface area contributed by atoms with Crippen LogP contribution in [0.3, 0.4) is 0 Å². The molecule has 4 nitrogen and oxygen atoms in total. The minimum absolute atomic E-state index is 0.141. The summed E-state index contributed by atoms with van der Waals surface area (Å²) in [5, 5.41) is -0.141. The molecule has 0 spiro atoms. The van der Waals surface area contributed by atoms with Gasteiger partial charge in [-0.2, -0.15) is 13.2 Å². The Morgan fingerprint density at radius 2 is 1.80 bits per heavy atom. The molecule has 0 unspecified atom stereocenters. The van der Waals surface area contributed by atoms with Crippen molar-refractivity contribution in [3.05, 3.63) is 66.4 Å². The molecule has 30 heavy (non-hydrogen) atoms. The molecule has 0 saturated heterocycles. The number of rotatable bonds is 7. The molecule has 1 heterocycles. The molecule has 0 fully saturated rings. The van der Waals surface area contributed by atoms with Crippen molar-refractivity contribution in [2.24, 2.45) is 5.92 Å². The van der Waals surface area contributed by atoms with Crippen molar-refractivity contribution in [2.45, 2.75) is 29.9 Å². The van der Waals surface area contributed by atoms with Crippen molar-refractivity contribution < 1.29 is 17.9 Å².